The Kier molecular flexibility index (Phi) is 5.84. The molecule has 4 rings (SSSR count). The van der Waals surface area contributed by atoms with Gasteiger partial charge >= 0.3 is 0 Å². The molecule has 2 aromatic carbocycles. The number of anilines is 1. The molecule has 1 saturated heterocycles. The molecule has 0 aliphatic carbocycles. The predicted octanol–water partition coefficient (Wildman–Crippen LogP) is 3.23. The van der Waals surface area contributed by atoms with Crippen LogP contribution in [0.2, 0.25) is 0 Å². The zero-order chi connectivity index (χ0) is 20.2. The molecule has 152 valence electrons. The Labute approximate surface area is 172 Å². The number of rotatable bonds is 4. The molecule has 29 heavy (non-hydrogen) atoms. The van der Waals surface area contributed by atoms with Gasteiger partial charge in [0.2, 0.25) is 11.8 Å². The number of benzene rings is 2. The van der Waals surface area contributed by atoms with Crippen LogP contribution in [0.25, 0.3) is 11.1 Å². The molecule has 0 atom stereocenters. The van der Waals surface area contributed by atoms with Crippen molar-refractivity contribution >= 4 is 17.5 Å². The molecule has 2 aromatic rings. The molecule has 0 bridgehead atoms. The summed E-state index contributed by atoms with van der Waals surface area (Å²) >= 11 is 0. The van der Waals surface area contributed by atoms with E-state index in [9.17, 15) is 9.59 Å². The van der Waals surface area contributed by atoms with E-state index in [4.69, 9.17) is 0 Å². The molecule has 0 saturated carbocycles. The van der Waals surface area contributed by atoms with Crippen molar-refractivity contribution < 1.29 is 9.59 Å². The van der Waals surface area contributed by atoms with Gasteiger partial charge < -0.3 is 15.1 Å². The van der Waals surface area contributed by atoms with Gasteiger partial charge in [0.1, 0.15) is 0 Å². The monoisotopic (exact) mass is 391 g/mol. The number of fused-ring (bicyclic) bond motifs is 1. The van der Waals surface area contributed by atoms with Gasteiger partial charge in [-0.3, -0.25) is 9.59 Å². The topological polar surface area (TPSA) is 52.7 Å². The maximum atomic E-state index is 12.7. The maximum absolute atomic E-state index is 12.7. The van der Waals surface area contributed by atoms with Gasteiger partial charge in [0.15, 0.2) is 0 Å². The van der Waals surface area contributed by atoms with E-state index in [-0.39, 0.29) is 17.9 Å². The van der Waals surface area contributed by atoms with Crippen LogP contribution in [0.4, 0.5) is 5.69 Å². The minimum absolute atomic E-state index is 0.0752. The van der Waals surface area contributed by atoms with Gasteiger partial charge in [0, 0.05) is 38.3 Å². The van der Waals surface area contributed by atoms with Crippen LogP contribution in [0.5, 0.6) is 0 Å². The lowest BCUT2D eigenvalue weighted by molar-refractivity contribution is -0.130. The maximum Gasteiger partial charge on any atom is 0.239 e. The second-order valence-electron chi connectivity index (χ2n) is 8.08. The van der Waals surface area contributed by atoms with E-state index in [0.717, 1.165) is 45.3 Å². The van der Waals surface area contributed by atoms with E-state index in [0.29, 0.717) is 6.54 Å². The molecule has 0 unspecified atom stereocenters. The highest BCUT2D eigenvalue weighted by molar-refractivity contribution is 5.82. The van der Waals surface area contributed by atoms with Gasteiger partial charge in [-0.05, 0) is 54.5 Å². The number of carbonyl (C=O) groups excluding carboxylic acids is 2. The minimum atomic E-state index is 0.0752. The number of likely N-dealkylation sites (tertiary alicyclic amines) is 1. The molecule has 2 aliphatic rings. The molecular formula is C24H29N3O2. The number of aryl methyl sites for hydroxylation is 1. The van der Waals surface area contributed by atoms with Crippen molar-refractivity contribution in [2.45, 2.75) is 38.6 Å². The Morgan fingerprint density at radius 3 is 2.48 bits per heavy atom. The first-order valence-corrected chi connectivity index (χ1v) is 10.6. The molecule has 1 N–H and O–H groups in total. The fraction of sp³-hybridized carbons (Fsp3) is 0.417. The third-order valence-corrected chi connectivity index (χ3v) is 6.04. The Morgan fingerprint density at radius 1 is 1.00 bits per heavy atom. The van der Waals surface area contributed by atoms with E-state index in [1.54, 1.807) is 6.92 Å². The number of hydrogen-bond donors (Lipinski definition) is 1. The zero-order valence-electron chi connectivity index (χ0n) is 17.1. The lowest BCUT2D eigenvalue weighted by atomic mass is 9.96. The van der Waals surface area contributed by atoms with Gasteiger partial charge in [-0.25, -0.2) is 0 Å². The summed E-state index contributed by atoms with van der Waals surface area (Å²) in [6.07, 6.45) is 3.79. The zero-order valence-corrected chi connectivity index (χ0v) is 17.1. The molecule has 1 fully saturated rings. The standard InChI is InChI=1S/C24H29N3O2/c1-18(28)26-14-11-22(12-15-26)25-24(29)17-27-13-5-8-21-16-20(9-10-23(21)27)19-6-3-2-4-7-19/h2-4,6-7,9-10,16,22H,5,8,11-15,17H2,1H3,(H,25,29). The first kappa shape index (κ1) is 19.5. The smallest absolute Gasteiger partial charge is 0.239 e. The molecule has 0 spiro atoms. The van der Waals surface area contributed by atoms with Crippen molar-refractivity contribution in [3.05, 3.63) is 54.1 Å². The lowest BCUT2D eigenvalue weighted by Crippen LogP contribution is -2.48. The van der Waals surface area contributed by atoms with E-state index >= 15 is 0 Å². The molecule has 5 nitrogen and oxygen atoms in total. The predicted molar refractivity (Wildman–Crippen MR) is 116 cm³/mol. The van der Waals surface area contributed by atoms with Crippen LogP contribution in [0, 0.1) is 0 Å². The van der Waals surface area contributed by atoms with Gasteiger partial charge in [-0.1, -0.05) is 36.4 Å². The van der Waals surface area contributed by atoms with Crippen LogP contribution in [0.15, 0.2) is 48.5 Å². The van der Waals surface area contributed by atoms with Crippen molar-refractivity contribution in [3.8, 4) is 11.1 Å². The Hall–Kier alpha value is -2.82. The fourth-order valence-corrected chi connectivity index (χ4v) is 4.43. The molecule has 0 aromatic heterocycles. The van der Waals surface area contributed by atoms with Crippen molar-refractivity contribution in [3.63, 3.8) is 0 Å². The van der Waals surface area contributed by atoms with Gasteiger partial charge in [0.25, 0.3) is 0 Å². The molecule has 2 amide bonds. The van der Waals surface area contributed by atoms with Crippen LogP contribution in [0.3, 0.4) is 0 Å². The number of carbonyl (C=O) groups is 2. The number of piperidine rings is 1. The summed E-state index contributed by atoms with van der Waals surface area (Å²) < 4.78 is 0. The summed E-state index contributed by atoms with van der Waals surface area (Å²) in [4.78, 5) is 28.2. The lowest BCUT2D eigenvalue weighted by Gasteiger charge is -2.34. The van der Waals surface area contributed by atoms with Crippen molar-refractivity contribution in [2.75, 3.05) is 31.1 Å². The Bertz CT molecular complexity index is 873. The highest BCUT2D eigenvalue weighted by Gasteiger charge is 2.24. The third-order valence-electron chi connectivity index (χ3n) is 6.04. The van der Waals surface area contributed by atoms with E-state index in [1.807, 2.05) is 11.0 Å². The van der Waals surface area contributed by atoms with E-state index < -0.39 is 0 Å². The van der Waals surface area contributed by atoms with E-state index in [2.05, 4.69) is 52.7 Å². The molecule has 2 aliphatic heterocycles. The van der Waals surface area contributed by atoms with Crippen LogP contribution < -0.4 is 10.2 Å². The second-order valence-corrected chi connectivity index (χ2v) is 8.08. The van der Waals surface area contributed by atoms with Crippen LogP contribution in [-0.4, -0.2) is 48.9 Å². The summed E-state index contributed by atoms with van der Waals surface area (Å²) in [6, 6.07) is 17.2. The first-order chi connectivity index (χ1) is 14.1. The number of nitrogens with one attached hydrogen (secondary N) is 1. The number of hydrogen-bond acceptors (Lipinski definition) is 3. The van der Waals surface area contributed by atoms with Crippen LogP contribution in [-0.2, 0) is 16.0 Å². The summed E-state index contributed by atoms with van der Waals surface area (Å²) in [6.45, 7) is 4.37. The number of nitrogens with zero attached hydrogens (tertiary/aromatic N) is 2. The largest absolute Gasteiger partial charge is 0.362 e. The third kappa shape index (κ3) is 4.61. The molecular weight excluding hydrogens is 362 g/mol. The SMILES string of the molecule is CC(=O)N1CCC(NC(=O)CN2CCCc3cc(-c4ccccc4)ccc32)CC1. The Balaban J connectivity index is 1.38. The fourth-order valence-electron chi connectivity index (χ4n) is 4.43. The van der Waals surface area contributed by atoms with Gasteiger partial charge in [-0.2, -0.15) is 0 Å². The quantitative estimate of drug-likeness (QED) is 0.871. The van der Waals surface area contributed by atoms with Crippen molar-refractivity contribution in [2.24, 2.45) is 0 Å². The first-order valence-electron chi connectivity index (χ1n) is 10.6. The summed E-state index contributed by atoms with van der Waals surface area (Å²) in [5.74, 6) is 0.195. The normalized spacial score (nSPS) is 17.0. The summed E-state index contributed by atoms with van der Waals surface area (Å²) in [5.41, 5.74) is 4.95. The highest BCUT2D eigenvalue weighted by Crippen LogP contribution is 2.31. The molecule has 5 heteroatoms. The molecule has 2 heterocycles. The Morgan fingerprint density at radius 2 is 1.76 bits per heavy atom. The summed E-state index contributed by atoms with van der Waals surface area (Å²) in [7, 11) is 0. The highest BCUT2D eigenvalue weighted by atomic mass is 16.2. The second kappa shape index (κ2) is 8.68. The van der Waals surface area contributed by atoms with Crippen LogP contribution >= 0.6 is 0 Å². The number of amides is 2. The minimum Gasteiger partial charge on any atom is -0.362 e. The van der Waals surface area contributed by atoms with E-state index in [1.165, 1.54) is 22.4 Å². The van der Waals surface area contributed by atoms with Gasteiger partial charge in [0.05, 0.1) is 6.54 Å². The summed E-state index contributed by atoms with van der Waals surface area (Å²) in [5, 5.41) is 3.18. The average molecular weight is 392 g/mol. The van der Waals surface area contributed by atoms with Crippen molar-refractivity contribution in [1.29, 1.82) is 0 Å². The van der Waals surface area contributed by atoms with Gasteiger partial charge in [-0.15, -0.1) is 0 Å². The van der Waals surface area contributed by atoms with Crippen LogP contribution in [0.1, 0.15) is 31.7 Å². The van der Waals surface area contributed by atoms with Crippen molar-refractivity contribution in [1.82, 2.24) is 10.2 Å². The average Bonchev–Trinajstić information content (AvgIpc) is 2.74. The molecule has 0 radical (unpaired) electrons.